The van der Waals surface area contributed by atoms with E-state index in [1.54, 1.807) is 26.8 Å². The van der Waals surface area contributed by atoms with Crippen molar-refractivity contribution in [3.05, 3.63) is 24.0 Å². The molecule has 0 aliphatic carbocycles. The zero-order valence-corrected chi connectivity index (χ0v) is 11.4. The van der Waals surface area contributed by atoms with Gasteiger partial charge in [0.15, 0.2) is 0 Å². The third kappa shape index (κ3) is 4.63. The van der Waals surface area contributed by atoms with Crippen molar-refractivity contribution < 1.29 is 18.7 Å². The molecule has 1 heterocycles. The molecule has 0 aliphatic heterocycles. The van der Waals surface area contributed by atoms with Crippen molar-refractivity contribution >= 4 is 5.91 Å². The summed E-state index contributed by atoms with van der Waals surface area (Å²) in [7, 11) is 0. The molecular weight excluding hydrogens is 254 g/mol. The lowest BCUT2D eigenvalue weighted by Crippen LogP contribution is -2.42. The topological polar surface area (TPSA) is 45.5 Å². The van der Waals surface area contributed by atoms with Crippen molar-refractivity contribution in [2.75, 3.05) is 13.1 Å². The molecule has 0 atom stereocenters. The number of alkyl halides is 2. The van der Waals surface area contributed by atoms with Crippen LogP contribution in [-0.4, -0.2) is 45.6 Å². The Kier molecular flexibility index (Phi) is 5.05. The minimum Gasteiger partial charge on any atom is -0.389 e. The van der Waals surface area contributed by atoms with E-state index in [-0.39, 0.29) is 18.1 Å². The van der Waals surface area contributed by atoms with E-state index in [9.17, 15) is 18.7 Å². The highest BCUT2D eigenvalue weighted by Gasteiger charge is 2.24. The van der Waals surface area contributed by atoms with E-state index in [1.807, 2.05) is 0 Å². The number of hydrogen-bond acceptors (Lipinski definition) is 2. The summed E-state index contributed by atoms with van der Waals surface area (Å²) in [6.45, 7) is 5.03. The first-order chi connectivity index (χ1) is 8.74. The second-order valence-electron chi connectivity index (χ2n) is 5.07. The second-order valence-corrected chi connectivity index (χ2v) is 5.07. The molecular formula is C13H20F2N2O2. The fourth-order valence-electron chi connectivity index (χ4n) is 1.87. The number of rotatable bonds is 6. The zero-order valence-electron chi connectivity index (χ0n) is 11.4. The van der Waals surface area contributed by atoms with Gasteiger partial charge in [-0.15, -0.1) is 0 Å². The Labute approximate surface area is 111 Å². The van der Waals surface area contributed by atoms with E-state index >= 15 is 0 Å². The van der Waals surface area contributed by atoms with Crippen molar-refractivity contribution in [1.29, 1.82) is 0 Å². The summed E-state index contributed by atoms with van der Waals surface area (Å²) in [6, 6.07) is 3.07. The van der Waals surface area contributed by atoms with Crippen LogP contribution in [-0.2, 0) is 6.54 Å². The molecule has 1 N–H and O–H groups in total. The first-order valence-electron chi connectivity index (χ1n) is 6.19. The van der Waals surface area contributed by atoms with Crippen LogP contribution >= 0.6 is 0 Å². The van der Waals surface area contributed by atoms with Crippen LogP contribution in [0.25, 0.3) is 0 Å². The molecule has 0 fully saturated rings. The normalized spacial score (nSPS) is 11.9. The lowest BCUT2D eigenvalue weighted by Gasteiger charge is -2.28. The minimum atomic E-state index is -2.51. The van der Waals surface area contributed by atoms with Gasteiger partial charge in [0.1, 0.15) is 5.69 Å². The standard InChI is InChI=1S/C13H20F2N2O2/c1-4-16(9-13(2,3)19)12(18)10-6-5-7-17(10)8-11(14)15/h5-7,11,19H,4,8-9H2,1-3H3. The SMILES string of the molecule is CCN(CC(C)(C)O)C(=O)c1cccn1CC(F)F. The number of carbonyl (C=O) groups excluding carboxylic acids is 1. The van der Waals surface area contributed by atoms with Gasteiger partial charge in [-0.25, -0.2) is 8.78 Å². The van der Waals surface area contributed by atoms with Crippen molar-refractivity contribution in [1.82, 2.24) is 9.47 Å². The molecule has 0 saturated heterocycles. The third-order valence-corrected chi connectivity index (χ3v) is 2.63. The van der Waals surface area contributed by atoms with Gasteiger partial charge in [-0.3, -0.25) is 4.79 Å². The van der Waals surface area contributed by atoms with Crippen molar-refractivity contribution in [3.8, 4) is 0 Å². The molecule has 0 saturated carbocycles. The van der Waals surface area contributed by atoms with E-state index < -0.39 is 18.6 Å². The fraction of sp³-hybridized carbons (Fsp3) is 0.615. The fourth-order valence-corrected chi connectivity index (χ4v) is 1.87. The van der Waals surface area contributed by atoms with Crippen molar-refractivity contribution in [2.24, 2.45) is 0 Å². The van der Waals surface area contributed by atoms with Gasteiger partial charge in [0, 0.05) is 19.3 Å². The second kappa shape index (κ2) is 6.14. The van der Waals surface area contributed by atoms with Crippen molar-refractivity contribution in [2.45, 2.75) is 39.3 Å². The molecule has 1 aromatic heterocycles. The predicted molar refractivity (Wildman–Crippen MR) is 68.3 cm³/mol. The average molecular weight is 274 g/mol. The molecule has 1 aromatic rings. The molecule has 19 heavy (non-hydrogen) atoms. The van der Waals surface area contributed by atoms with E-state index in [0.29, 0.717) is 6.54 Å². The number of carbonyl (C=O) groups is 1. The maximum atomic E-state index is 12.4. The van der Waals surface area contributed by atoms with Crippen molar-refractivity contribution in [3.63, 3.8) is 0 Å². The summed E-state index contributed by atoms with van der Waals surface area (Å²) in [5.41, 5.74) is -0.808. The van der Waals surface area contributed by atoms with Crippen LogP contribution in [0.1, 0.15) is 31.3 Å². The van der Waals surface area contributed by atoms with Gasteiger partial charge in [0.05, 0.1) is 12.1 Å². The minimum absolute atomic E-state index is 0.155. The quantitative estimate of drug-likeness (QED) is 0.862. The lowest BCUT2D eigenvalue weighted by atomic mass is 10.1. The smallest absolute Gasteiger partial charge is 0.270 e. The van der Waals surface area contributed by atoms with E-state index in [1.165, 1.54) is 21.7 Å². The number of aromatic nitrogens is 1. The van der Waals surface area contributed by atoms with Gasteiger partial charge in [-0.1, -0.05) is 0 Å². The molecule has 6 heteroatoms. The molecule has 0 unspecified atom stereocenters. The molecule has 1 rings (SSSR count). The largest absolute Gasteiger partial charge is 0.389 e. The highest BCUT2D eigenvalue weighted by Crippen LogP contribution is 2.12. The molecule has 0 spiro atoms. The van der Waals surface area contributed by atoms with Gasteiger partial charge < -0.3 is 14.6 Å². The lowest BCUT2D eigenvalue weighted by molar-refractivity contribution is 0.0306. The highest BCUT2D eigenvalue weighted by molar-refractivity contribution is 5.92. The van der Waals surface area contributed by atoms with Gasteiger partial charge in [0.25, 0.3) is 12.3 Å². The van der Waals surface area contributed by atoms with Gasteiger partial charge in [-0.2, -0.15) is 0 Å². The molecule has 108 valence electrons. The van der Waals surface area contributed by atoms with Gasteiger partial charge >= 0.3 is 0 Å². The average Bonchev–Trinajstić information content (AvgIpc) is 2.70. The predicted octanol–water partition coefficient (Wildman–Crippen LogP) is 1.99. The molecule has 0 radical (unpaired) electrons. The number of nitrogens with zero attached hydrogens (tertiary/aromatic N) is 2. The van der Waals surface area contributed by atoms with Crippen LogP contribution in [0.2, 0.25) is 0 Å². The zero-order chi connectivity index (χ0) is 14.6. The Morgan fingerprint density at radius 3 is 2.63 bits per heavy atom. The maximum Gasteiger partial charge on any atom is 0.270 e. The number of hydrogen-bond donors (Lipinski definition) is 1. The summed E-state index contributed by atoms with van der Waals surface area (Å²) in [5, 5.41) is 9.76. The highest BCUT2D eigenvalue weighted by atomic mass is 19.3. The Morgan fingerprint density at radius 2 is 2.16 bits per heavy atom. The Balaban J connectivity index is 2.89. The van der Waals surface area contributed by atoms with Gasteiger partial charge in [0.2, 0.25) is 0 Å². The number of halogens is 2. The van der Waals surface area contributed by atoms with Crippen LogP contribution in [0.3, 0.4) is 0 Å². The molecule has 4 nitrogen and oxygen atoms in total. The Hall–Kier alpha value is -1.43. The Morgan fingerprint density at radius 1 is 1.53 bits per heavy atom. The Bertz CT molecular complexity index is 425. The van der Waals surface area contributed by atoms with Crippen LogP contribution in [0.4, 0.5) is 8.78 Å². The number of amides is 1. The first kappa shape index (κ1) is 15.6. The molecule has 0 aromatic carbocycles. The monoisotopic (exact) mass is 274 g/mol. The van der Waals surface area contributed by atoms with Crippen LogP contribution in [0, 0.1) is 0 Å². The van der Waals surface area contributed by atoms with Crippen LogP contribution < -0.4 is 0 Å². The van der Waals surface area contributed by atoms with Crippen LogP contribution in [0.15, 0.2) is 18.3 Å². The summed E-state index contributed by atoms with van der Waals surface area (Å²) in [5.74, 6) is -0.352. The summed E-state index contributed by atoms with van der Waals surface area (Å²) in [4.78, 5) is 13.7. The molecule has 0 aliphatic rings. The maximum absolute atomic E-state index is 12.4. The molecule has 0 bridgehead atoms. The summed E-state index contributed by atoms with van der Waals surface area (Å²) < 4.78 is 26.1. The van der Waals surface area contributed by atoms with E-state index in [4.69, 9.17) is 0 Å². The van der Waals surface area contributed by atoms with E-state index in [0.717, 1.165) is 0 Å². The number of aliphatic hydroxyl groups is 1. The summed E-state index contributed by atoms with van der Waals surface area (Å²) in [6.07, 6.45) is -1.06. The summed E-state index contributed by atoms with van der Waals surface area (Å²) >= 11 is 0. The number of likely N-dealkylation sites (N-methyl/N-ethyl adjacent to an activating group) is 1. The first-order valence-corrected chi connectivity index (χ1v) is 6.19. The van der Waals surface area contributed by atoms with Gasteiger partial charge in [-0.05, 0) is 32.9 Å². The third-order valence-electron chi connectivity index (χ3n) is 2.63. The molecule has 1 amide bonds. The van der Waals surface area contributed by atoms with Crippen LogP contribution in [0.5, 0.6) is 0 Å². The van der Waals surface area contributed by atoms with E-state index in [2.05, 4.69) is 0 Å².